The van der Waals surface area contributed by atoms with Gasteiger partial charge in [0.2, 0.25) is 0 Å². The molecule has 0 fully saturated rings. The van der Waals surface area contributed by atoms with Crippen LogP contribution in [0.5, 0.6) is 5.75 Å². The van der Waals surface area contributed by atoms with Crippen molar-refractivity contribution in [3.05, 3.63) is 29.6 Å². The molecule has 2 nitrogen and oxygen atoms in total. The van der Waals surface area contributed by atoms with Gasteiger partial charge in [0, 0.05) is 19.0 Å². The summed E-state index contributed by atoms with van der Waals surface area (Å²) < 4.78 is 18.4. The van der Waals surface area contributed by atoms with Gasteiger partial charge in [-0.1, -0.05) is 0 Å². The van der Waals surface area contributed by atoms with E-state index in [1.54, 1.807) is 6.07 Å². The standard InChI is InChI=1S/C12H14FNO/c1-2-3-4-5-15-12-7-10(9-14)6-11(13)8-12/h1,6-8H,3-5,9,14H2. The Morgan fingerprint density at radius 2 is 2.20 bits per heavy atom. The summed E-state index contributed by atoms with van der Waals surface area (Å²) in [6, 6.07) is 4.47. The third-order valence-electron chi connectivity index (χ3n) is 1.90. The van der Waals surface area contributed by atoms with Gasteiger partial charge in [-0.25, -0.2) is 4.39 Å². The van der Waals surface area contributed by atoms with Crippen molar-refractivity contribution < 1.29 is 9.13 Å². The second kappa shape index (κ2) is 6.05. The van der Waals surface area contributed by atoms with Crippen LogP contribution in [0.4, 0.5) is 4.39 Å². The number of hydrogen-bond acceptors (Lipinski definition) is 2. The Kier molecular flexibility index (Phi) is 4.65. The molecule has 80 valence electrons. The molecule has 0 amide bonds. The number of rotatable bonds is 5. The lowest BCUT2D eigenvalue weighted by atomic mass is 10.2. The van der Waals surface area contributed by atoms with Gasteiger partial charge in [-0.2, -0.15) is 0 Å². The molecule has 1 aromatic rings. The second-order valence-electron chi connectivity index (χ2n) is 3.16. The fourth-order valence-corrected chi connectivity index (χ4v) is 1.19. The molecule has 0 atom stereocenters. The summed E-state index contributed by atoms with van der Waals surface area (Å²) >= 11 is 0. The highest BCUT2D eigenvalue weighted by molar-refractivity contribution is 5.29. The fourth-order valence-electron chi connectivity index (χ4n) is 1.19. The molecule has 0 saturated heterocycles. The number of ether oxygens (including phenoxy) is 1. The summed E-state index contributed by atoms with van der Waals surface area (Å²) in [5, 5.41) is 0. The van der Waals surface area contributed by atoms with Gasteiger partial charge in [-0.05, 0) is 24.1 Å². The maximum Gasteiger partial charge on any atom is 0.127 e. The number of terminal acetylenes is 1. The third kappa shape index (κ3) is 4.01. The van der Waals surface area contributed by atoms with Crippen LogP contribution in [0.3, 0.4) is 0 Å². The van der Waals surface area contributed by atoms with E-state index in [4.69, 9.17) is 16.9 Å². The Hall–Kier alpha value is -1.53. The van der Waals surface area contributed by atoms with Crippen LogP contribution in [0.1, 0.15) is 18.4 Å². The van der Waals surface area contributed by atoms with E-state index >= 15 is 0 Å². The lowest BCUT2D eigenvalue weighted by molar-refractivity contribution is 0.311. The van der Waals surface area contributed by atoms with Crippen molar-refractivity contribution in [3.8, 4) is 18.1 Å². The highest BCUT2D eigenvalue weighted by Gasteiger charge is 2.00. The molecule has 0 saturated carbocycles. The summed E-state index contributed by atoms with van der Waals surface area (Å²) in [5.41, 5.74) is 6.14. The van der Waals surface area contributed by atoms with Crippen LogP contribution in [0.25, 0.3) is 0 Å². The van der Waals surface area contributed by atoms with Crippen molar-refractivity contribution in [2.45, 2.75) is 19.4 Å². The van der Waals surface area contributed by atoms with E-state index < -0.39 is 0 Å². The molecule has 1 rings (SSSR count). The normalized spacial score (nSPS) is 9.67. The zero-order chi connectivity index (χ0) is 11.1. The van der Waals surface area contributed by atoms with Crippen LogP contribution in [0, 0.1) is 18.2 Å². The Bertz CT molecular complexity index is 357. The summed E-state index contributed by atoms with van der Waals surface area (Å²) in [6.45, 7) is 0.802. The van der Waals surface area contributed by atoms with Crippen molar-refractivity contribution in [3.63, 3.8) is 0 Å². The summed E-state index contributed by atoms with van der Waals surface area (Å²) in [4.78, 5) is 0. The minimum atomic E-state index is -0.329. The van der Waals surface area contributed by atoms with Crippen LogP contribution in [0.2, 0.25) is 0 Å². The average molecular weight is 207 g/mol. The molecule has 0 aliphatic heterocycles. The fraction of sp³-hybridized carbons (Fsp3) is 0.333. The largest absolute Gasteiger partial charge is 0.493 e. The second-order valence-corrected chi connectivity index (χ2v) is 3.16. The van der Waals surface area contributed by atoms with E-state index in [0.717, 1.165) is 12.0 Å². The first-order valence-corrected chi connectivity index (χ1v) is 4.82. The maximum atomic E-state index is 13.0. The molecule has 0 aliphatic rings. The quantitative estimate of drug-likeness (QED) is 0.592. The zero-order valence-electron chi connectivity index (χ0n) is 8.50. The third-order valence-corrected chi connectivity index (χ3v) is 1.90. The lowest BCUT2D eigenvalue weighted by Crippen LogP contribution is -2.01. The van der Waals surface area contributed by atoms with Crippen LogP contribution in [-0.2, 0) is 6.54 Å². The first-order valence-electron chi connectivity index (χ1n) is 4.82. The summed E-state index contributed by atoms with van der Waals surface area (Å²) in [5.74, 6) is 2.69. The van der Waals surface area contributed by atoms with Crippen LogP contribution < -0.4 is 10.5 Å². The molecule has 0 radical (unpaired) electrons. The van der Waals surface area contributed by atoms with Gasteiger partial charge in [0.1, 0.15) is 11.6 Å². The summed E-state index contributed by atoms with van der Waals surface area (Å²) in [6.07, 6.45) is 6.53. The summed E-state index contributed by atoms with van der Waals surface area (Å²) in [7, 11) is 0. The monoisotopic (exact) mass is 207 g/mol. The predicted molar refractivity (Wildman–Crippen MR) is 57.9 cm³/mol. The number of benzene rings is 1. The van der Waals surface area contributed by atoms with Gasteiger partial charge < -0.3 is 10.5 Å². The number of nitrogens with two attached hydrogens (primary N) is 1. The Labute approximate surface area is 89.2 Å². The van der Waals surface area contributed by atoms with Crippen molar-refractivity contribution in [2.24, 2.45) is 5.73 Å². The zero-order valence-corrected chi connectivity index (χ0v) is 8.50. The molecule has 0 spiro atoms. The van der Waals surface area contributed by atoms with E-state index in [1.165, 1.54) is 12.1 Å². The Balaban J connectivity index is 2.53. The van der Waals surface area contributed by atoms with Crippen molar-refractivity contribution in [1.82, 2.24) is 0 Å². The molecule has 2 N–H and O–H groups in total. The minimum Gasteiger partial charge on any atom is -0.493 e. The van der Waals surface area contributed by atoms with E-state index in [0.29, 0.717) is 25.3 Å². The van der Waals surface area contributed by atoms with E-state index in [1.807, 2.05) is 0 Å². The molecule has 0 aliphatic carbocycles. The number of hydrogen-bond donors (Lipinski definition) is 1. The predicted octanol–water partition coefficient (Wildman–Crippen LogP) is 2.08. The minimum absolute atomic E-state index is 0.304. The average Bonchev–Trinajstić information content (AvgIpc) is 2.23. The number of halogens is 1. The molecule has 0 aromatic heterocycles. The topological polar surface area (TPSA) is 35.2 Å². The molecular formula is C12H14FNO. The van der Waals surface area contributed by atoms with Gasteiger partial charge in [0.25, 0.3) is 0 Å². The van der Waals surface area contributed by atoms with Crippen LogP contribution >= 0.6 is 0 Å². The maximum absolute atomic E-state index is 13.0. The first-order chi connectivity index (χ1) is 7.26. The number of unbranched alkanes of at least 4 members (excludes halogenated alkanes) is 1. The van der Waals surface area contributed by atoms with Gasteiger partial charge >= 0.3 is 0 Å². The first kappa shape index (κ1) is 11.5. The van der Waals surface area contributed by atoms with Crippen LogP contribution in [0.15, 0.2) is 18.2 Å². The van der Waals surface area contributed by atoms with Gasteiger partial charge in [-0.15, -0.1) is 12.3 Å². The SMILES string of the molecule is C#CCCCOc1cc(F)cc(CN)c1. The molecule has 15 heavy (non-hydrogen) atoms. The molecule has 0 unspecified atom stereocenters. The Morgan fingerprint density at radius 1 is 1.40 bits per heavy atom. The van der Waals surface area contributed by atoms with Gasteiger partial charge in [0.05, 0.1) is 6.61 Å². The van der Waals surface area contributed by atoms with Crippen molar-refractivity contribution >= 4 is 0 Å². The van der Waals surface area contributed by atoms with Crippen molar-refractivity contribution in [2.75, 3.05) is 6.61 Å². The molecular weight excluding hydrogens is 193 g/mol. The van der Waals surface area contributed by atoms with Gasteiger partial charge in [-0.3, -0.25) is 0 Å². The Morgan fingerprint density at radius 3 is 2.87 bits per heavy atom. The van der Waals surface area contributed by atoms with Gasteiger partial charge in [0.15, 0.2) is 0 Å². The van der Waals surface area contributed by atoms with E-state index in [9.17, 15) is 4.39 Å². The van der Waals surface area contributed by atoms with Crippen molar-refractivity contribution in [1.29, 1.82) is 0 Å². The molecule has 0 bridgehead atoms. The molecule has 0 heterocycles. The smallest absolute Gasteiger partial charge is 0.127 e. The highest BCUT2D eigenvalue weighted by atomic mass is 19.1. The molecule has 1 aromatic carbocycles. The van der Waals surface area contributed by atoms with E-state index in [2.05, 4.69) is 5.92 Å². The highest BCUT2D eigenvalue weighted by Crippen LogP contribution is 2.16. The molecule has 3 heteroatoms. The van der Waals surface area contributed by atoms with E-state index in [-0.39, 0.29) is 5.82 Å². The van der Waals surface area contributed by atoms with Crippen LogP contribution in [-0.4, -0.2) is 6.61 Å². The lowest BCUT2D eigenvalue weighted by Gasteiger charge is -2.06.